The lowest BCUT2D eigenvalue weighted by Crippen LogP contribution is -2.25. The highest BCUT2D eigenvalue weighted by atomic mass is 28.3. The summed E-state index contributed by atoms with van der Waals surface area (Å²) in [5.41, 5.74) is 2.44. The smallest absolute Gasteiger partial charge is 0.162 e. The van der Waals surface area contributed by atoms with Crippen LogP contribution in [0, 0.1) is 11.6 Å². The second kappa shape index (κ2) is 11.8. The Bertz CT molecular complexity index is 1550. The Kier molecular flexibility index (Phi) is 8.12. The highest BCUT2D eigenvalue weighted by Gasteiger charge is 2.37. The predicted octanol–water partition coefficient (Wildman–Crippen LogP) is 6.53. The van der Waals surface area contributed by atoms with Gasteiger partial charge in [0.05, 0.1) is 30.2 Å². The molecule has 2 atom stereocenters. The van der Waals surface area contributed by atoms with Gasteiger partial charge >= 0.3 is 0 Å². The van der Waals surface area contributed by atoms with Gasteiger partial charge in [0.15, 0.2) is 11.5 Å². The van der Waals surface area contributed by atoms with Crippen LogP contribution in [0.3, 0.4) is 0 Å². The fourth-order valence-electron chi connectivity index (χ4n) is 5.75. The maximum Gasteiger partial charge on any atom is 0.162 e. The number of rotatable bonds is 9. The number of anilines is 1. The summed E-state index contributed by atoms with van der Waals surface area (Å²) in [6.07, 6.45) is 6.24. The number of pyridine rings is 1. The number of ether oxygens (including phenoxy) is 2. The molecule has 12 heteroatoms. The van der Waals surface area contributed by atoms with E-state index in [1.165, 1.54) is 0 Å². The topological polar surface area (TPSA) is 70.2 Å². The molecule has 42 heavy (non-hydrogen) atoms. The number of benzene rings is 1. The van der Waals surface area contributed by atoms with Crippen LogP contribution < -0.4 is 4.90 Å². The van der Waals surface area contributed by atoms with E-state index in [1.807, 2.05) is 23.1 Å². The molecule has 5 heterocycles. The van der Waals surface area contributed by atoms with Gasteiger partial charge in [-0.15, -0.1) is 0 Å². The van der Waals surface area contributed by atoms with E-state index in [-0.39, 0.29) is 31.3 Å². The molecule has 4 aromatic rings. The van der Waals surface area contributed by atoms with Crippen molar-refractivity contribution in [1.29, 1.82) is 0 Å². The van der Waals surface area contributed by atoms with Crippen LogP contribution in [0.5, 0.6) is 0 Å². The lowest BCUT2D eigenvalue weighted by molar-refractivity contribution is 0.0662. The summed E-state index contributed by atoms with van der Waals surface area (Å²) in [7, 11) is -1.29. The van der Waals surface area contributed by atoms with Gasteiger partial charge < -0.3 is 14.4 Å². The van der Waals surface area contributed by atoms with Gasteiger partial charge in [0.1, 0.15) is 24.5 Å². The lowest BCUT2D eigenvalue weighted by atomic mass is 10.0. The first-order valence-corrected chi connectivity index (χ1v) is 18.3. The van der Waals surface area contributed by atoms with Gasteiger partial charge in [0, 0.05) is 63.4 Å². The minimum Gasteiger partial charge on any atom is -0.381 e. The summed E-state index contributed by atoms with van der Waals surface area (Å²) >= 11 is 0. The number of nitrogens with zero attached hydrogens (tertiary/aromatic N) is 6. The second-order valence-corrected chi connectivity index (χ2v) is 18.1. The van der Waals surface area contributed by atoms with E-state index in [0.29, 0.717) is 36.7 Å². The molecule has 8 nitrogen and oxygen atoms in total. The Balaban J connectivity index is 1.38. The molecule has 2 aliphatic rings. The normalized spacial score (nSPS) is 20.2. The molecule has 224 valence electrons. The van der Waals surface area contributed by atoms with Gasteiger partial charge in [-0.3, -0.25) is 4.68 Å². The molecular weight excluding hydrogens is 561 g/mol. The molecule has 0 bridgehead atoms. The molecule has 0 radical (unpaired) electrons. The van der Waals surface area contributed by atoms with Crippen molar-refractivity contribution in [3.05, 3.63) is 60.1 Å². The van der Waals surface area contributed by atoms with Gasteiger partial charge in [0.2, 0.25) is 0 Å². The van der Waals surface area contributed by atoms with Crippen LogP contribution in [0.1, 0.15) is 36.9 Å². The zero-order valence-electron chi connectivity index (χ0n) is 24.3. The van der Waals surface area contributed by atoms with Crippen molar-refractivity contribution in [1.82, 2.24) is 24.5 Å². The minimum atomic E-state index is -1.29. The van der Waals surface area contributed by atoms with Crippen LogP contribution >= 0.6 is 0 Å². The Labute approximate surface area is 244 Å². The highest BCUT2D eigenvalue weighted by Crippen LogP contribution is 2.41. The van der Waals surface area contributed by atoms with Crippen LogP contribution in [0.25, 0.3) is 22.2 Å². The molecule has 2 aliphatic heterocycles. The Morgan fingerprint density at radius 3 is 2.67 bits per heavy atom. The fourth-order valence-corrected chi connectivity index (χ4v) is 6.51. The Hall–Kier alpha value is -3.22. The summed E-state index contributed by atoms with van der Waals surface area (Å²) in [5.74, 6) is -0.664. The molecule has 0 N–H and O–H groups in total. The number of halogens is 3. The highest BCUT2D eigenvalue weighted by molar-refractivity contribution is 6.76. The molecule has 0 amide bonds. The maximum absolute atomic E-state index is 15.0. The summed E-state index contributed by atoms with van der Waals surface area (Å²) < 4.78 is 59.2. The first-order valence-electron chi connectivity index (χ1n) is 14.6. The van der Waals surface area contributed by atoms with Crippen LogP contribution in [0.15, 0.2) is 42.9 Å². The monoisotopic (exact) mass is 598 g/mol. The molecular formula is C30H37F3N6O2Si. The first kappa shape index (κ1) is 28.9. The zero-order valence-corrected chi connectivity index (χ0v) is 25.3. The Morgan fingerprint density at radius 2 is 1.88 bits per heavy atom. The molecule has 0 saturated carbocycles. The lowest BCUT2D eigenvalue weighted by Gasteiger charge is -2.25. The van der Waals surface area contributed by atoms with Crippen molar-refractivity contribution >= 4 is 24.9 Å². The van der Waals surface area contributed by atoms with E-state index in [4.69, 9.17) is 19.6 Å². The summed E-state index contributed by atoms with van der Waals surface area (Å²) in [6.45, 7) is 9.09. The third-order valence-corrected chi connectivity index (χ3v) is 9.82. The largest absolute Gasteiger partial charge is 0.381 e. The second-order valence-electron chi connectivity index (χ2n) is 12.5. The fraction of sp³-hybridized carbons (Fsp3) is 0.500. The van der Waals surface area contributed by atoms with E-state index in [2.05, 4.69) is 24.7 Å². The number of hydrogen-bond donors (Lipinski definition) is 0. The molecule has 6 rings (SSSR count). The van der Waals surface area contributed by atoms with Crippen molar-refractivity contribution in [2.45, 2.75) is 69.9 Å². The van der Waals surface area contributed by atoms with Gasteiger partial charge in [-0.25, -0.2) is 22.8 Å². The van der Waals surface area contributed by atoms with Crippen molar-refractivity contribution in [3.63, 3.8) is 0 Å². The van der Waals surface area contributed by atoms with E-state index in [0.717, 1.165) is 48.2 Å². The maximum atomic E-state index is 15.0. The molecule has 0 unspecified atom stereocenters. The van der Waals surface area contributed by atoms with Gasteiger partial charge in [-0.05, 0) is 43.2 Å². The molecule has 2 saturated heterocycles. The van der Waals surface area contributed by atoms with E-state index >= 15 is 0 Å². The van der Waals surface area contributed by atoms with Crippen molar-refractivity contribution < 1.29 is 22.6 Å². The van der Waals surface area contributed by atoms with Crippen LogP contribution in [0.4, 0.5) is 19.0 Å². The van der Waals surface area contributed by atoms with E-state index in [1.54, 1.807) is 15.8 Å². The third kappa shape index (κ3) is 6.11. The summed E-state index contributed by atoms with van der Waals surface area (Å²) in [5, 5.41) is 10.1. The van der Waals surface area contributed by atoms with Gasteiger partial charge in [-0.2, -0.15) is 10.2 Å². The number of alkyl halides is 1. The average Bonchev–Trinajstić information content (AvgIpc) is 3.69. The van der Waals surface area contributed by atoms with Gasteiger partial charge in [-0.1, -0.05) is 19.6 Å². The average molecular weight is 599 g/mol. The standard InChI is InChI=1S/C30H37F3N6O2Si/c1-42(2,3)11-10-41-19-39-29-26(12-20(15-34-29)21-16-35-38(17-21)24-6-8-40-9-7-24)30(36-39)37-18-23(32)14-28(37)25-13-22(31)4-5-27(25)33/h4-5,12-13,15-17,23-24,28H,6-11,14,18-19H2,1-3H3/t23-,28+/m0/s1. The molecule has 0 aliphatic carbocycles. The zero-order chi connectivity index (χ0) is 29.4. The molecule has 0 spiro atoms. The SMILES string of the molecule is C[Si](C)(C)CCOCn1nc(N2C[C@@H](F)C[C@@H]2c2cc(F)ccc2F)c2cc(-c3cnn(C4CCOCC4)c3)cnc21. The quantitative estimate of drug-likeness (QED) is 0.161. The van der Waals surface area contributed by atoms with Crippen molar-refractivity contribution in [2.75, 3.05) is 31.3 Å². The van der Waals surface area contributed by atoms with Crippen LogP contribution in [-0.4, -0.2) is 65.2 Å². The van der Waals surface area contributed by atoms with Gasteiger partial charge in [0.25, 0.3) is 0 Å². The van der Waals surface area contributed by atoms with Crippen LogP contribution in [0.2, 0.25) is 25.7 Å². The number of fused-ring (bicyclic) bond motifs is 1. The van der Waals surface area contributed by atoms with Crippen molar-refractivity contribution in [2.24, 2.45) is 0 Å². The summed E-state index contributed by atoms with van der Waals surface area (Å²) in [6, 6.07) is 5.86. The minimum absolute atomic E-state index is 0.00905. The summed E-state index contributed by atoms with van der Waals surface area (Å²) in [4.78, 5) is 6.50. The number of hydrogen-bond acceptors (Lipinski definition) is 6. The predicted molar refractivity (Wildman–Crippen MR) is 158 cm³/mol. The molecule has 1 aromatic carbocycles. The first-order chi connectivity index (χ1) is 20.2. The van der Waals surface area contributed by atoms with Crippen LogP contribution in [-0.2, 0) is 16.2 Å². The third-order valence-electron chi connectivity index (χ3n) is 8.12. The molecule has 2 fully saturated rings. The Morgan fingerprint density at radius 1 is 1.07 bits per heavy atom. The molecule has 3 aromatic heterocycles. The van der Waals surface area contributed by atoms with E-state index < -0.39 is 31.9 Å². The number of aromatic nitrogens is 5. The van der Waals surface area contributed by atoms with Crippen molar-refractivity contribution in [3.8, 4) is 11.1 Å². The van der Waals surface area contributed by atoms with E-state index in [9.17, 15) is 13.2 Å².